The molecule has 0 spiro atoms. The average molecular weight is 803 g/mol. The summed E-state index contributed by atoms with van der Waals surface area (Å²) in [4.78, 5) is 2.44. The van der Waals surface area contributed by atoms with Gasteiger partial charge in [0.05, 0.1) is 11.2 Å². The molecule has 8 aromatic carbocycles. The van der Waals surface area contributed by atoms with E-state index in [1.54, 1.807) is 0 Å². The Labute approximate surface area is 366 Å². The van der Waals surface area contributed by atoms with E-state index in [0.717, 1.165) is 12.8 Å². The van der Waals surface area contributed by atoms with Gasteiger partial charge in [-0.3, -0.25) is 0 Å². The molecule has 9 aromatic rings. The van der Waals surface area contributed by atoms with Crippen LogP contribution in [-0.2, 0) is 17.3 Å². The Morgan fingerprint density at radius 2 is 1.11 bits per heavy atom. The SMILES string of the molecule is Cc1c(C)n(-c2ccc3c(C(C)(C)C)c4cc(-c5ccccc5)ccc4c(C(C)(C)C)c3c2)c2c3c4c5c(ccc4cc12)C(N(c1ccccc1)c1ccccc1)=CCC5=CC3. The standard InChI is InChI=1S/C60H54N2/c1-37-38(2)61(45-28-32-47-52(36-45)57(60(6,7)8)46-29-25-41(39-18-12-9-13-19-39)34-51(46)56(47)59(3,4)5)58-49-31-24-40-27-33-53(48-30-26-42(35-50(37)58)55(49)54(40)48)62(43-20-14-10-15-21-43)44-22-16-11-17-23-44/h9-26,28-30,32-36H,27,31H2,1-8H3. The van der Waals surface area contributed by atoms with Gasteiger partial charge in [-0.25, -0.2) is 0 Å². The molecule has 62 heavy (non-hydrogen) atoms. The molecule has 0 radical (unpaired) electrons. The molecule has 0 bridgehead atoms. The summed E-state index contributed by atoms with van der Waals surface area (Å²) in [6, 6.07) is 54.3. The van der Waals surface area contributed by atoms with Crippen molar-refractivity contribution in [2.75, 3.05) is 4.90 Å². The predicted molar refractivity (Wildman–Crippen MR) is 267 cm³/mol. The minimum Gasteiger partial charge on any atom is -0.313 e. The molecule has 0 unspecified atom stereocenters. The number of aryl methyl sites for hydroxylation is 1. The fraction of sp³-hybridized carbons (Fsp3) is 0.200. The maximum Gasteiger partial charge on any atom is 0.0575 e. The van der Waals surface area contributed by atoms with Crippen molar-refractivity contribution in [3.8, 4) is 16.8 Å². The van der Waals surface area contributed by atoms with Crippen LogP contribution in [-0.4, -0.2) is 4.57 Å². The number of hydrogen-bond donors (Lipinski definition) is 0. The monoisotopic (exact) mass is 802 g/mol. The smallest absolute Gasteiger partial charge is 0.0575 e. The topological polar surface area (TPSA) is 8.17 Å². The summed E-state index contributed by atoms with van der Waals surface area (Å²) in [6.45, 7) is 19.0. The predicted octanol–water partition coefficient (Wildman–Crippen LogP) is 16.5. The highest BCUT2D eigenvalue weighted by Gasteiger charge is 2.32. The van der Waals surface area contributed by atoms with E-state index in [-0.39, 0.29) is 10.8 Å². The molecule has 0 aliphatic heterocycles. The molecule has 304 valence electrons. The average Bonchev–Trinajstić information content (AvgIpc) is 3.52. The van der Waals surface area contributed by atoms with E-state index in [9.17, 15) is 0 Å². The van der Waals surface area contributed by atoms with Gasteiger partial charge in [-0.15, -0.1) is 0 Å². The second kappa shape index (κ2) is 13.9. The van der Waals surface area contributed by atoms with E-state index < -0.39 is 0 Å². The van der Waals surface area contributed by atoms with E-state index in [2.05, 4.69) is 223 Å². The van der Waals surface area contributed by atoms with Crippen LogP contribution in [0.3, 0.4) is 0 Å². The van der Waals surface area contributed by atoms with Gasteiger partial charge in [0.25, 0.3) is 0 Å². The summed E-state index contributed by atoms with van der Waals surface area (Å²) in [5.41, 5.74) is 19.5. The summed E-state index contributed by atoms with van der Waals surface area (Å²) in [7, 11) is 0. The Hall–Kier alpha value is -6.64. The maximum atomic E-state index is 2.60. The van der Waals surface area contributed by atoms with Gasteiger partial charge in [0.2, 0.25) is 0 Å². The van der Waals surface area contributed by atoms with Gasteiger partial charge in [0, 0.05) is 33.7 Å². The Morgan fingerprint density at radius 1 is 0.516 bits per heavy atom. The molecule has 1 aromatic heterocycles. The number of aromatic nitrogens is 1. The molecule has 1 heterocycles. The van der Waals surface area contributed by atoms with Crippen LogP contribution >= 0.6 is 0 Å². The lowest BCUT2D eigenvalue weighted by Gasteiger charge is -2.34. The molecule has 11 rings (SSSR count). The highest BCUT2D eigenvalue weighted by Crippen LogP contribution is 2.50. The van der Waals surface area contributed by atoms with Gasteiger partial charge < -0.3 is 9.47 Å². The Kier molecular flexibility index (Phi) is 8.61. The van der Waals surface area contributed by atoms with Gasteiger partial charge in [-0.05, 0) is 163 Å². The molecule has 0 fully saturated rings. The van der Waals surface area contributed by atoms with Crippen LogP contribution in [0, 0.1) is 13.8 Å². The number of nitrogens with zero attached hydrogens (tertiary/aromatic N) is 2. The van der Waals surface area contributed by atoms with Crippen LogP contribution in [0.5, 0.6) is 0 Å². The zero-order chi connectivity index (χ0) is 42.7. The lowest BCUT2D eigenvalue weighted by Crippen LogP contribution is -2.19. The van der Waals surface area contributed by atoms with Crippen LogP contribution in [0.1, 0.15) is 87.0 Å². The number of hydrogen-bond acceptors (Lipinski definition) is 1. The lowest BCUT2D eigenvalue weighted by atomic mass is 9.73. The van der Waals surface area contributed by atoms with Gasteiger partial charge in [-0.2, -0.15) is 0 Å². The highest BCUT2D eigenvalue weighted by molar-refractivity contribution is 6.14. The zero-order valence-electron chi connectivity index (χ0n) is 37.3. The summed E-state index contributed by atoms with van der Waals surface area (Å²) in [5.74, 6) is 0. The minimum atomic E-state index is -0.0927. The number of benzene rings is 8. The van der Waals surface area contributed by atoms with Crippen LogP contribution in [0.25, 0.3) is 71.3 Å². The Morgan fingerprint density at radius 3 is 1.74 bits per heavy atom. The fourth-order valence-electron chi connectivity index (χ4n) is 11.1. The summed E-state index contributed by atoms with van der Waals surface area (Å²) in [5, 5.41) is 9.50. The van der Waals surface area contributed by atoms with Crippen molar-refractivity contribution >= 4 is 65.9 Å². The number of rotatable bonds is 5. The maximum absolute atomic E-state index is 2.60. The van der Waals surface area contributed by atoms with E-state index in [1.165, 1.54) is 122 Å². The van der Waals surface area contributed by atoms with Crippen molar-refractivity contribution in [2.24, 2.45) is 0 Å². The quantitative estimate of drug-likeness (QED) is 0.157. The van der Waals surface area contributed by atoms with Gasteiger partial charge >= 0.3 is 0 Å². The van der Waals surface area contributed by atoms with Crippen LogP contribution < -0.4 is 4.90 Å². The fourth-order valence-corrected chi connectivity index (χ4v) is 11.1. The first-order valence-corrected chi connectivity index (χ1v) is 22.4. The number of allylic oxidation sites excluding steroid dienone is 3. The zero-order valence-corrected chi connectivity index (χ0v) is 37.3. The first-order chi connectivity index (χ1) is 29.9. The van der Waals surface area contributed by atoms with Crippen molar-refractivity contribution in [1.82, 2.24) is 4.57 Å². The number of para-hydroxylation sites is 2. The lowest BCUT2D eigenvalue weighted by molar-refractivity contribution is 0.593. The third-order valence-corrected chi connectivity index (χ3v) is 13.8. The third kappa shape index (κ3) is 5.83. The summed E-state index contributed by atoms with van der Waals surface area (Å²) >= 11 is 0. The minimum absolute atomic E-state index is 0.0769. The molecule has 0 atom stereocenters. The number of fused-ring (bicyclic) bond motifs is 4. The number of anilines is 2. The molecule has 2 aliphatic rings. The second-order valence-electron chi connectivity index (χ2n) is 19.7. The van der Waals surface area contributed by atoms with Crippen molar-refractivity contribution in [1.29, 1.82) is 0 Å². The normalized spacial score (nSPS) is 13.9. The Balaban J connectivity index is 1.16. The molecule has 0 saturated carbocycles. The van der Waals surface area contributed by atoms with Crippen LogP contribution in [0.2, 0.25) is 0 Å². The molecule has 0 saturated heterocycles. The van der Waals surface area contributed by atoms with E-state index in [0.29, 0.717) is 0 Å². The molecular formula is C60H54N2. The van der Waals surface area contributed by atoms with Crippen LogP contribution in [0.15, 0.2) is 158 Å². The largest absolute Gasteiger partial charge is 0.313 e. The van der Waals surface area contributed by atoms with E-state index in [4.69, 9.17) is 0 Å². The molecule has 0 N–H and O–H groups in total. The summed E-state index contributed by atoms with van der Waals surface area (Å²) < 4.78 is 2.60. The van der Waals surface area contributed by atoms with Crippen molar-refractivity contribution < 1.29 is 0 Å². The van der Waals surface area contributed by atoms with Crippen LogP contribution in [0.4, 0.5) is 11.4 Å². The molecule has 2 nitrogen and oxygen atoms in total. The third-order valence-electron chi connectivity index (χ3n) is 13.8. The first-order valence-electron chi connectivity index (χ1n) is 22.4. The van der Waals surface area contributed by atoms with Gasteiger partial charge in [0.1, 0.15) is 0 Å². The Bertz CT molecular complexity index is 3310. The van der Waals surface area contributed by atoms with E-state index >= 15 is 0 Å². The molecule has 2 heteroatoms. The molecule has 0 amide bonds. The molecule has 2 aliphatic carbocycles. The second-order valence-corrected chi connectivity index (χ2v) is 19.7. The first kappa shape index (κ1) is 38.3. The van der Waals surface area contributed by atoms with Crippen molar-refractivity contribution in [3.63, 3.8) is 0 Å². The van der Waals surface area contributed by atoms with Crippen molar-refractivity contribution in [2.45, 2.75) is 79.1 Å². The molecular weight excluding hydrogens is 749 g/mol. The highest BCUT2D eigenvalue weighted by atomic mass is 15.1. The van der Waals surface area contributed by atoms with Gasteiger partial charge in [0.15, 0.2) is 0 Å². The van der Waals surface area contributed by atoms with E-state index in [1.807, 2.05) is 0 Å². The van der Waals surface area contributed by atoms with Gasteiger partial charge in [-0.1, -0.05) is 151 Å². The van der Waals surface area contributed by atoms with Crippen molar-refractivity contribution in [3.05, 3.63) is 197 Å². The summed E-state index contributed by atoms with van der Waals surface area (Å²) in [6.07, 6.45) is 6.79.